The zero-order valence-electron chi connectivity index (χ0n) is 14.5. The number of Topliss-reactive ketones (excluding diaryl/α,β-unsaturated/α-hetero) is 1. The third kappa shape index (κ3) is 2.87. The topological polar surface area (TPSA) is 255 Å². The maximum absolute atomic E-state index is 13.2. The van der Waals surface area contributed by atoms with Gasteiger partial charge in [-0.2, -0.15) is 0 Å². The second-order valence-electron chi connectivity index (χ2n) is 6.36. The number of imidazole rings is 1. The van der Waals surface area contributed by atoms with Crippen LogP contribution in [0.3, 0.4) is 0 Å². The van der Waals surface area contributed by atoms with Crippen LogP contribution in [0.25, 0.3) is 11.2 Å². The summed E-state index contributed by atoms with van der Waals surface area (Å²) in [5.41, 5.74) is 2.36. The number of fused-ring (bicyclic) bond motifs is 1. The van der Waals surface area contributed by atoms with E-state index in [2.05, 4.69) is 15.0 Å². The van der Waals surface area contributed by atoms with Crippen LogP contribution in [0.4, 0.5) is 5.82 Å². The smallest absolute Gasteiger partial charge is 0.367 e. The van der Waals surface area contributed by atoms with Gasteiger partial charge in [-0.1, -0.05) is 0 Å². The highest BCUT2D eigenvalue weighted by molar-refractivity contribution is 7.54. The summed E-state index contributed by atoms with van der Waals surface area (Å²) in [4.78, 5) is 43.5. The maximum atomic E-state index is 13.2. The van der Waals surface area contributed by atoms with Crippen LogP contribution in [-0.2, 0) is 19.8 Å². The minimum atomic E-state index is -5.76. The van der Waals surface area contributed by atoms with Gasteiger partial charge in [-0.25, -0.2) is 15.0 Å². The van der Waals surface area contributed by atoms with Crippen molar-refractivity contribution >= 4 is 30.4 Å². The number of nitrogen functional groups attached to an aromatic ring is 1. The molecule has 2 aromatic rings. The van der Waals surface area contributed by atoms with E-state index in [1.807, 2.05) is 0 Å². The van der Waals surface area contributed by atoms with Crippen molar-refractivity contribution in [3.05, 3.63) is 12.7 Å². The van der Waals surface area contributed by atoms with Crippen molar-refractivity contribution in [1.29, 1.82) is 0 Å². The second-order valence-corrected chi connectivity index (χ2v) is 8.19. The fraction of sp³-hybridized carbons (Fsp3) is 0.538. The van der Waals surface area contributed by atoms with Crippen LogP contribution >= 0.6 is 7.60 Å². The summed E-state index contributed by atoms with van der Waals surface area (Å²) in [7, 11) is -5.76. The van der Waals surface area contributed by atoms with E-state index in [-0.39, 0.29) is 17.0 Å². The van der Waals surface area contributed by atoms with Crippen LogP contribution in [0.1, 0.15) is 0 Å². The number of anilines is 1. The quantitative estimate of drug-likeness (QED) is 0.199. The molecule has 0 radical (unpaired) electrons. The Kier molecular flexibility index (Phi) is 5.23. The number of aliphatic hydroxyl groups excluding tert-OH is 4. The van der Waals surface area contributed by atoms with Gasteiger partial charge in [0.1, 0.15) is 36.5 Å². The molecule has 15 nitrogen and oxygen atoms in total. The van der Waals surface area contributed by atoms with Crippen molar-refractivity contribution in [2.24, 2.45) is 0 Å². The molecule has 5 atom stereocenters. The average Bonchev–Trinajstić information content (AvgIpc) is 3.21. The van der Waals surface area contributed by atoms with Crippen molar-refractivity contribution in [1.82, 2.24) is 19.5 Å². The number of hydrogen-bond donors (Lipinski definition) is 8. The standard InChI is InChI=1S/C13H18N5O10P/c14-9-6-10(16-3-15-9)18(4-17-6)13(8(22)7(21)5(1-19)28-13)11(23)12(24,2-20)29(25,26)27/h3-5,7-8,19-22,24H,1-2H2,(H2,14,15,16)(H2,25,26,27)/t5-,7-,8-,12?,13+/m1/s1. The number of carbonyl (C=O) groups is 1. The van der Waals surface area contributed by atoms with Crippen molar-refractivity contribution < 1.29 is 49.4 Å². The Balaban J connectivity index is 2.34. The highest BCUT2D eigenvalue weighted by Crippen LogP contribution is 2.53. The second kappa shape index (κ2) is 7.02. The van der Waals surface area contributed by atoms with Gasteiger partial charge in [-0.05, 0) is 0 Å². The minimum absolute atomic E-state index is 0.0962. The van der Waals surface area contributed by atoms with Gasteiger partial charge in [-0.15, -0.1) is 0 Å². The number of nitrogens with two attached hydrogens (primary N) is 1. The average molecular weight is 435 g/mol. The third-order valence-corrected chi connectivity index (χ3v) is 6.04. The van der Waals surface area contributed by atoms with Crippen molar-refractivity contribution in [3.8, 4) is 0 Å². The zero-order valence-corrected chi connectivity index (χ0v) is 15.4. The SMILES string of the molecule is Nc1ncnc2c1ncn2[C@]1(C(=O)C(O)(CO)P(=O)(O)O)O[C@H](CO)[C@@H](O)[C@H]1O. The fourth-order valence-corrected chi connectivity index (χ4v) is 3.73. The van der Waals surface area contributed by atoms with Crippen LogP contribution in [0.2, 0.25) is 0 Å². The summed E-state index contributed by atoms with van der Waals surface area (Å²) >= 11 is 0. The molecule has 0 spiro atoms. The number of hydrogen-bond acceptors (Lipinski definition) is 12. The highest BCUT2D eigenvalue weighted by Gasteiger charge is 2.69. The molecule has 0 bridgehead atoms. The van der Waals surface area contributed by atoms with E-state index in [1.165, 1.54) is 0 Å². The lowest BCUT2D eigenvalue weighted by atomic mass is 9.94. The van der Waals surface area contributed by atoms with E-state index in [0.29, 0.717) is 4.57 Å². The Hall–Kier alpha value is -2.07. The maximum Gasteiger partial charge on any atom is 0.367 e. The zero-order chi connectivity index (χ0) is 21.8. The molecule has 16 heteroatoms. The third-order valence-electron chi connectivity index (χ3n) is 4.73. The first-order chi connectivity index (χ1) is 13.5. The minimum Gasteiger partial charge on any atom is -0.394 e. The predicted octanol–water partition coefficient (Wildman–Crippen LogP) is -4.40. The number of aromatic nitrogens is 4. The summed E-state index contributed by atoms with van der Waals surface area (Å²) in [6.07, 6.45) is -4.01. The van der Waals surface area contributed by atoms with E-state index >= 15 is 0 Å². The molecule has 1 aliphatic heterocycles. The molecule has 3 rings (SSSR count). The molecular weight excluding hydrogens is 417 g/mol. The van der Waals surface area contributed by atoms with E-state index in [1.54, 1.807) is 0 Å². The van der Waals surface area contributed by atoms with Gasteiger partial charge in [0.25, 0.3) is 5.34 Å². The Labute approximate surface area is 161 Å². The first-order valence-electron chi connectivity index (χ1n) is 7.98. The molecule has 29 heavy (non-hydrogen) atoms. The Morgan fingerprint density at radius 2 is 1.97 bits per heavy atom. The number of ether oxygens (including phenoxy) is 1. The van der Waals surface area contributed by atoms with Gasteiger partial charge in [0, 0.05) is 0 Å². The normalized spacial score (nSPS) is 29.8. The van der Waals surface area contributed by atoms with Crippen LogP contribution in [0, 0.1) is 0 Å². The number of carbonyl (C=O) groups excluding carboxylic acids is 1. The highest BCUT2D eigenvalue weighted by atomic mass is 31.2. The Morgan fingerprint density at radius 3 is 2.48 bits per heavy atom. The van der Waals surface area contributed by atoms with Crippen molar-refractivity contribution in [2.75, 3.05) is 18.9 Å². The van der Waals surface area contributed by atoms with Crippen molar-refractivity contribution in [2.45, 2.75) is 29.4 Å². The summed E-state index contributed by atoms with van der Waals surface area (Å²) in [6.45, 7) is -2.66. The first-order valence-corrected chi connectivity index (χ1v) is 9.59. The number of rotatable bonds is 6. The summed E-state index contributed by atoms with van der Waals surface area (Å²) in [6, 6.07) is 0. The molecular formula is C13H18N5O10P. The van der Waals surface area contributed by atoms with Crippen LogP contribution in [0.5, 0.6) is 0 Å². The van der Waals surface area contributed by atoms with Gasteiger partial charge in [0.05, 0.1) is 13.2 Å². The monoisotopic (exact) mass is 435 g/mol. The molecule has 0 saturated carbocycles. The lowest BCUT2D eigenvalue weighted by Gasteiger charge is -2.37. The number of aliphatic hydroxyl groups is 5. The van der Waals surface area contributed by atoms with E-state index in [9.17, 15) is 44.7 Å². The molecule has 1 saturated heterocycles. The molecule has 160 valence electrons. The van der Waals surface area contributed by atoms with Gasteiger partial charge in [0.15, 0.2) is 11.5 Å². The Morgan fingerprint density at radius 1 is 1.31 bits per heavy atom. The molecule has 0 amide bonds. The van der Waals surface area contributed by atoms with E-state index < -0.39 is 56.0 Å². The number of nitrogens with zero attached hydrogens (tertiary/aromatic N) is 4. The van der Waals surface area contributed by atoms with Crippen LogP contribution < -0.4 is 5.73 Å². The van der Waals surface area contributed by atoms with Crippen LogP contribution in [-0.4, -0.2) is 97.5 Å². The fourth-order valence-electron chi connectivity index (χ4n) is 3.13. The summed E-state index contributed by atoms with van der Waals surface area (Å²) < 4.78 is 17.8. The molecule has 0 aromatic carbocycles. The van der Waals surface area contributed by atoms with Gasteiger partial charge in [-0.3, -0.25) is 13.9 Å². The molecule has 2 aromatic heterocycles. The molecule has 1 fully saturated rings. The summed E-state index contributed by atoms with van der Waals surface area (Å²) in [5.74, 6) is -2.06. The van der Waals surface area contributed by atoms with Gasteiger partial charge in [0.2, 0.25) is 11.5 Å². The Bertz CT molecular complexity index is 996. The number of ketones is 1. The molecule has 1 unspecified atom stereocenters. The lowest BCUT2D eigenvalue weighted by molar-refractivity contribution is -0.188. The first kappa shape index (κ1) is 21.6. The summed E-state index contributed by atoms with van der Waals surface area (Å²) in [5, 5.41) is 46.3. The predicted molar refractivity (Wildman–Crippen MR) is 90.8 cm³/mol. The molecule has 3 heterocycles. The molecule has 1 aliphatic rings. The lowest BCUT2D eigenvalue weighted by Crippen LogP contribution is -2.61. The molecule has 9 N–H and O–H groups in total. The molecule has 0 aliphatic carbocycles. The van der Waals surface area contributed by atoms with Gasteiger partial charge >= 0.3 is 7.60 Å². The van der Waals surface area contributed by atoms with Crippen LogP contribution in [0.15, 0.2) is 12.7 Å². The van der Waals surface area contributed by atoms with Crippen molar-refractivity contribution in [3.63, 3.8) is 0 Å². The van der Waals surface area contributed by atoms with E-state index in [4.69, 9.17) is 10.5 Å². The van der Waals surface area contributed by atoms with Gasteiger partial charge < -0.3 is 45.8 Å². The largest absolute Gasteiger partial charge is 0.394 e. The van der Waals surface area contributed by atoms with E-state index in [0.717, 1.165) is 12.7 Å².